The topological polar surface area (TPSA) is 29.5 Å². The van der Waals surface area contributed by atoms with Crippen molar-refractivity contribution in [2.75, 3.05) is 18.0 Å². The Balaban J connectivity index is 2.24. The van der Waals surface area contributed by atoms with Gasteiger partial charge in [-0.05, 0) is 51.8 Å². The van der Waals surface area contributed by atoms with E-state index in [1.54, 1.807) is 32.9 Å². The van der Waals surface area contributed by atoms with Crippen molar-refractivity contribution in [3.63, 3.8) is 0 Å². The van der Waals surface area contributed by atoms with E-state index in [-0.39, 0.29) is 5.56 Å². The molecule has 4 heteroatoms. The number of rotatable bonds is 2. The molecular weight excluding hydrogens is 245 g/mol. The zero-order chi connectivity index (χ0) is 14.0. The van der Waals surface area contributed by atoms with Crippen LogP contribution >= 0.6 is 0 Å². The van der Waals surface area contributed by atoms with Crippen LogP contribution < -0.4 is 4.90 Å². The zero-order valence-electron chi connectivity index (χ0n) is 11.7. The average molecular weight is 265 g/mol. The Kier molecular flexibility index (Phi) is 3.78. The number of benzene rings is 1. The molecule has 19 heavy (non-hydrogen) atoms. The molecule has 1 aliphatic rings. The first-order valence-electron chi connectivity index (χ1n) is 6.65. The number of nitrogens with zero attached hydrogens (tertiary/aromatic N) is 1. The number of carbonyl (C=O) groups is 1. The smallest absolute Gasteiger partial charge is 0.341 e. The van der Waals surface area contributed by atoms with Crippen molar-refractivity contribution >= 4 is 11.7 Å². The lowest BCUT2D eigenvalue weighted by molar-refractivity contribution is 0.00648. The van der Waals surface area contributed by atoms with Crippen LogP contribution in [0.1, 0.15) is 44.0 Å². The first-order valence-corrected chi connectivity index (χ1v) is 6.65. The van der Waals surface area contributed by atoms with Crippen molar-refractivity contribution < 1.29 is 13.9 Å². The van der Waals surface area contributed by atoms with Gasteiger partial charge in [-0.1, -0.05) is 0 Å². The van der Waals surface area contributed by atoms with Crippen LogP contribution in [0.25, 0.3) is 0 Å². The van der Waals surface area contributed by atoms with Gasteiger partial charge in [0, 0.05) is 18.8 Å². The fourth-order valence-corrected chi connectivity index (χ4v) is 2.17. The number of halogens is 1. The van der Waals surface area contributed by atoms with Gasteiger partial charge in [-0.25, -0.2) is 9.18 Å². The Hall–Kier alpha value is -1.58. The minimum Gasteiger partial charge on any atom is -0.456 e. The fraction of sp³-hybridized carbons (Fsp3) is 0.533. The number of esters is 1. The lowest BCUT2D eigenvalue weighted by Crippen LogP contribution is -2.25. The highest BCUT2D eigenvalue weighted by molar-refractivity contribution is 5.91. The van der Waals surface area contributed by atoms with Gasteiger partial charge in [-0.3, -0.25) is 0 Å². The molecule has 2 rings (SSSR count). The molecule has 0 aliphatic carbocycles. The molecule has 3 nitrogen and oxygen atoms in total. The third-order valence-corrected chi connectivity index (χ3v) is 3.04. The van der Waals surface area contributed by atoms with Gasteiger partial charge in [-0.2, -0.15) is 0 Å². The summed E-state index contributed by atoms with van der Waals surface area (Å²) in [5.74, 6) is -1.14. The maximum absolute atomic E-state index is 13.8. The predicted octanol–water partition coefficient (Wildman–Crippen LogP) is 3.38. The van der Waals surface area contributed by atoms with Crippen molar-refractivity contribution in [2.45, 2.75) is 39.2 Å². The fourth-order valence-electron chi connectivity index (χ4n) is 2.17. The normalized spacial score (nSPS) is 15.7. The second-order valence-electron chi connectivity index (χ2n) is 5.86. The molecular formula is C15H20FNO2. The lowest BCUT2D eigenvalue weighted by atomic mass is 10.1. The van der Waals surface area contributed by atoms with Gasteiger partial charge in [0.1, 0.15) is 11.4 Å². The molecule has 1 aliphatic heterocycles. The Morgan fingerprint density at radius 3 is 2.47 bits per heavy atom. The Morgan fingerprint density at radius 1 is 1.26 bits per heavy atom. The van der Waals surface area contributed by atoms with Crippen LogP contribution in [0.4, 0.5) is 10.1 Å². The molecule has 0 saturated carbocycles. The minimum atomic E-state index is -0.618. The van der Waals surface area contributed by atoms with Gasteiger partial charge in [0.05, 0.1) is 5.56 Å². The van der Waals surface area contributed by atoms with Crippen LogP contribution in [0.2, 0.25) is 0 Å². The highest BCUT2D eigenvalue weighted by atomic mass is 19.1. The third kappa shape index (κ3) is 3.46. The van der Waals surface area contributed by atoms with E-state index in [1.807, 2.05) is 0 Å². The molecule has 1 saturated heterocycles. The second-order valence-corrected chi connectivity index (χ2v) is 5.86. The molecule has 0 unspecified atom stereocenters. The zero-order valence-corrected chi connectivity index (χ0v) is 11.7. The molecule has 0 amide bonds. The van der Waals surface area contributed by atoms with E-state index >= 15 is 0 Å². The largest absolute Gasteiger partial charge is 0.456 e. The van der Waals surface area contributed by atoms with E-state index in [2.05, 4.69) is 4.90 Å². The Labute approximate surface area is 113 Å². The minimum absolute atomic E-state index is 0.0133. The summed E-state index contributed by atoms with van der Waals surface area (Å²) in [4.78, 5) is 14.1. The van der Waals surface area contributed by atoms with E-state index in [1.165, 1.54) is 6.07 Å². The molecule has 0 spiro atoms. The standard InChI is InChI=1S/C15H20FNO2/c1-15(2,3)19-14(18)12-10-11(6-7-13(12)16)17-8-4-5-9-17/h6-7,10H,4-5,8-9H2,1-3H3. The van der Waals surface area contributed by atoms with Crippen molar-refractivity contribution in [3.8, 4) is 0 Å². The van der Waals surface area contributed by atoms with E-state index in [0.29, 0.717) is 0 Å². The molecule has 104 valence electrons. The van der Waals surface area contributed by atoms with Crippen molar-refractivity contribution in [1.29, 1.82) is 0 Å². The second kappa shape index (κ2) is 5.19. The lowest BCUT2D eigenvalue weighted by Gasteiger charge is -2.21. The molecule has 1 fully saturated rings. The maximum Gasteiger partial charge on any atom is 0.341 e. The molecule has 0 N–H and O–H groups in total. The van der Waals surface area contributed by atoms with E-state index in [9.17, 15) is 9.18 Å². The van der Waals surface area contributed by atoms with Crippen LogP contribution in [0.3, 0.4) is 0 Å². The molecule has 1 heterocycles. The summed E-state index contributed by atoms with van der Waals surface area (Å²) in [5.41, 5.74) is 0.284. The van der Waals surface area contributed by atoms with Crippen LogP contribution in [-0.2, 0) is 4.74 Å². The van der Waals surface area contributed by atoms with Crippen LogP contribution in [-0.4, -0.2) is 24.7 Å². The number of anilines is 1. The molecule has 1 aromatic carbocycles. The van der Waals surface area contributed by atoms with Gasteiger partial charge in [0.25, 0.3) is 0 Å². The van der Waals surface area contributed by atoms with E-state index in [0.717, 1.165) is 31.6 Å². The van der Waals surface area contributed by atoms with E-state index < -0.39 is 17.4 Å². The third-order valence-electron chi connectivity index (χ3n) is 3.04. The van der Waals surface area contributed by atoms with Crippen LogP contribution in [0.15, 0.2) is 18.2 Å². The predicted molar refractivity (Wildman–Crippen MR) is 73.0 cm³/mol. The Bertz CT molecular complexity index is 474. The highest BCUT2D eigenvalue weighted by Gasteiger charge is 2.22. The van der Waals surface area contributed by atoms with Gasteiger partial charge < -0.3 is 9.64 Å². The van der Waals surface area contributed by atoms with Gasteiger partial charge >= 0.3 is 5.97 Å². The quantitative estimate of drug-likeness (QED) is 0.768. The first kappa shape index (κ1) is 13.8. The first-order chi connectivity index (χ1) is 8.87. The van der Waals surface area contributed by atoms with Gasteiger partial charge in [0.2, 0.25) is 0 Å². The van der Waals surface area contributed by atoms with Gasteiger partial charge in [-0.15, -0.1) is 0 Å². The molecule has 0 radical (unpaired) electrons. The van der Waals surface area contributed by atoms with Crippen molar-refractivity contribution in [2.24, 2.45) is 0 Å². The average Bonchev–Trinajstić information content (AvgIpc) is 2.80. The molecule has 0 atom stereocenters. The summed E-state index contributed by atoms with van der Waals surface area (Å²) in [6, 6.07) is 4.65. The van der Waals surface area contributed by atoms with Crippen molar-refractivity contribution in [3.05, 3.63) is 29.6 Å². The van der Waals surface area contributed by atoms with Gasteiger partial charge in [0.15, 0.2) is 0 Å². The van der Waals surface area contributed by atoms with Crippen LogP contribution in [0, 0.1) is 5.82 Å². The summed E-state index contributed by atoms with van der Waals surface area (Å²) in [7, 11) is 0. The van der Waals surface area contributed by atoms with E-state index in [4.69, 9.17) is 4.74 Å². The number of ether oxygens (including phenoxy) is 1. The number of hydrogen-bond acceptors (Lipinski definition) is 3. The van der Waals surface area contributed by atoms with Crippen LogP contribution in [0.5, 0.6) is 0 Å². The summed E-state index contributed by atoms with van der Waals surface area (Å²) in [5, 5.41) is 0. The van der Waals surface area contributed by atoms with Crippen molar-refractivity contribution in [1.82, 2.24) is 0 Å². The SMILES string of the molecule is CC(C)(C)OC(=O)c1cc(N2CCCC2)ccc1F. The Morgan fingerprint density at radius 2 is 1.89 bits per heavy atom. The molecule has 0 bridgehead atoms. The monoisotopic (exact) mass is 265 g/mol. The number of carbonyl (C=O) groups excluding carboxylic acids is 1. The molecule has 1 aromatic rings. The summed E-state index contributed by atoms with van der Waals surface area (Å²) >= 11 is 0. The summed E-state index contributed by atoms with van der Waals surface area (Å²) in [6.07, 6.45) is 2.28. The summed E-state index contributed by atoms with van der Waals surface area (Å²) in [6.45, 7) is 7.23. The molecule has 0 aromatic heterocycles. The maximum atomic E-state index is 13.8. The summed E-state index contributed by atoms with van der Waals surface area (Å²) < 4.78 is 19.0. The number of hydrogen-bond donors (Lipinski definition) is 0. The highest BCUT2D eigenvalue weighted by Crippen LogP contribution is 2.24.